The van der Waals surface area contributed by atoms with Gasteiger partial charge in [-0.3, -0.25) is 4.55 Å². The van der Waals surface area contributed by atoms with Crippen LogP contribution in [0.4, 0.5) is 0 Å². The molecule has 0 saturated carbocycles. The van der Waals surface area contributed by atoms with E-state index in [2.05, 4.69) is 159 Å². The maximum Gasteiger partial charge on any atom is 0.281 e. The maximum absolute atomic E-state index is 12.8. The normalized spacial score (nSPS) is 24.5. The standard InChI is InChI=1S/C12H2Br10O3S/c13-2-1(3(14)5(16)6(17)4(2)15)12(26(23,24)25)10(21)8(19)7(18)9(20)11(12)22/h10H,(H,23,24,25). The highest BCUT2D eigenvalue weighted by molar-refractivity contribution is 9.17. The number of benzene rings is 1. The molecule has 0 aromatic heterocycles. The molecule has 0 saturated heterocycles. The molecule has 144 valence electrons. The Labute approximate surface area is 234 Å². The predicted octanol–water partition coefficient (Wildman–Crippen LogP) is 9.36. The van der Waals surface area contributed by atoms with Crippen molar-refractivity contribution in [3.05, 3.63) is 45.9 Å². The predicted molar refractivity (Wildman–Crippen MR) is 141 cm³/mol. The largest absolute Gasteiger partial charge is 0.285 e. The van der Waals surface area contributed by atoms with E-state index in [9.17, 15) is 13.0 Å². The summed E-state index contributed by atoms with van der Waals surface area (Å²) in [5.41, 5.74) is 0.282. The molecular formula is C12H2Br10O3S. The molecule has 0 bridgehead atoms. The number of hydrogen-bond acceptors (Lipinski definition) is 2. The summed E-state index contributed by atoms with van der Waals surface area (Å²) in [5.74, 6) is 0. The Morgan fingerprint density at radius 2 is 1.12 bits per heavy atom. The molecule has 0 heterocycles. The highest BCUT2D eigenvalue weighted by Gasteiger charge is 2.59. The fourth-order valence-electron chi connectivity index (χ4n) is 2.31. The second-order valence-corrected chi connectivity index (χ2v) is 14.5. The average molecular weight is 1030 g/mol. The van der Waals surface area contributed by atoms with Crippen molar-refractivity contribution in [2.45, 2.75) is 9.57 Å². The van der Waals surface area contributed by atoms with Crippen molar-refractivity contribution in [1.29, 1.82) is 0 Å². The molecule has 2 atom stereocenters. The molecule has 14 heteroatoms. The molecule has 0 amide bonds. The van der Waals surface area contributed by atoms with Crippen LogP contribution in [0.25, 0.3) is 0 Å². The van der Waals surface area contributed by atoms with E-state index in [0.717, 1.165) is 0 Å². The lowest BCUT2D eigenvalue weighted by molar-refractivity contribution is 0.448. The monoisotopic (exact) mass is 1020 g/mol. The van der Waals surface area contributed by atoms with E-state index in [-0.39, 0.29) is 10.0 Å². The first-order valence-electron chi connectivity index (χ1n) is 5.97. The first-order chi connectivity index (χ1) is 11.7. The van der Waals surface area contributed by atoms with Crippen LogP contribution in [0.15, 0.2) is 40.3 Å². The SMILES string of the molecule is O=S(=O)(O)C1(c2c(Br)c(Br)c(Br)c(Br)c2Br)C(Br)=C(Br)C(Br)=C(Br)C1Br. The minimum absolute atomic E-state index is 0.215. The minimum atomic E-state index is -4.70. The van der Waals surface area contributed by atoms with Gasteiger partial charge in [-0.15, -0.1) is 0 Å². The van der Waals surface area contributed by atoms with E-state index in [1.54, 1.807) is 0 Å². The minimum Gasteiger partial charge on any atom is -0.285 e. The number of allylic oxidation sites excluding steroid dienone is 3. The molecule has 2 rings (SSSR count). The van der Waals surface area contributed by atoms with Crippen LogP contribution in [0, 0.1) is 0 Å². The molecule has 0 aliphatic heterocycles. The maximum atomic E-state index is 12.8. The van der Waals surface area contributed by atoms with Crippen LogP contribution in [0.1, 0.15) is 5.56 Å². The van der Waals surface area contributed by atoms with Gasteiger partial charge >= 0.3 is 0 Å². The fraction of sp³-hybridized carbons (Fsp3) is 0.167. The van der Waals surface area contributed by atoms with E-state index < -0.39 is 19.7 Å². The first-order valence-corrected chi connectivity index (χ1v) is 15.5. The van der Waals surface area contributed by atoms with Gasteiger partial charge < -0.3 is 0 Å². The fourth-order valence-corrected chi connectivity index (χ4v) is 13.0. The van der Waals surface area contributed by atoms with Crippen LogP contribution in [0.3, 0.4) is 0 Å². The molecule has 0 fully saturated rings. The smallest absolute Gasteiger partial charge is 0.281 e. The summed E-state index contributed by atoms with van der Waals surface area (Å²) in [7, 11) is -4.70. The molecule has 0 radical (unpaired) electrons. The van der Waals surface area contributed by atoms with Crippen molar-refractivity contribution >= 4 is 169 Å². The number of hydrogen-bond donors (Lipinski definition) is 1. The van der Waals surface area contributed by atoms with Crippen LogP contribution in [0.5, 0.6) is 0 Å². The summed E-state index contributed by atoms with van der Waals surface area (Å²) in [6.07, 6.45) is 0. The summed E-state index contributed by atoms with van der Waals surface area (Å²) in [4.78, 5) is -0.859. The zero-order valence-corrected chi connectivity index (χ0v) is 28.2. The molecule has 1 aliphatic rings. The molecule has 1 aliphatic carbocycles. The highest BCUT2D eigenvalue weighted by atomic mass is 79.9. The van der Waals surface area contributed by atoms with Crippen molar-refractivity contribution < 1.29 is 13.0 Å². The van der Waals surface area contributed by atoms with Gasteiger partial charge in [-0.25, -0.2) is 0 Å². The van der Waals surface area contributed by atoms with Crippen molar-refractivity contribution in [2.75, 3.05) is 0 Å². The van der Waals surface area contributed by atoms with Gasteiger partial charge in [0.2, 0.25) is 0 Å². The van der Waals surface area contributed by atoms with Gasteiger partial charge in [0.05, 0.1) is 4.83 Å². The van der Waals surface area contributed by atoms with E-state index in [4.69, 9.17) is 0 Å². The zero-order chi connectivity index (χ0) is 20.4. The van der Waals surface area contributed by atoms with Crippen LogP contribution in [0.2, 0.25) is 0 Å². The second kappa shape index (κ2) is 9.11. The third-order valence-electron chi connectivity index (χ3n) is 3.49. The molecule has 0 spiro atoms. The topological polar surface area (TPSA) is 54.4 Å². The summed E-state index contributed by atoms with van der Waals surface area (Å²) < 4.78 is 38.6. The quantitative estimate of drug-likeness (QED) is 0.139. The Bertz CT molecular complexity index is 954. The molecule has 1 aromatic rings. The van der Waals surface area contributed by atoms with Crippen molar-refractivity contribution in [3.63, 3.8) is 0 Å². The lowest BCUT2D eigenvalue weighted by Gasteiger charge is -2.40. The van der Waals surface area contributed by atoms with E-state index in [1.165, 1.54) is 0 Å². The summed E-state index contributed by atoms with van der Waals surface area (Å²) >= 11 is 34.3. The van der Waals surface area contributed by atoms with Crippen LogP contribution in [-0.4, -0.2) is 17.8 Å². The molecule has 3 nitrogen and oxygen atoms in total. The van der Waals surface area contributed by atoms with Crippen LogP contribution in [-0.2, 0) is 14.9 Å². The van der Waals surface area contributed by atoms with E-state index in [0.29, 0.717) is 35.8 Å². The van der Waals surface area contributed by atoms with Crippen LogP contribution < -0.4 is 0 Å². The van der Waals surface area contributed by atoms with Gasteiger partial charge in [0.25, 0.3) is 10.1 Å². The highest BCUT2D eigenvalue weighted by Crippen LogP contribution is 2.62. The third kappa shape index (κ3) is 3.86. The second-order valence-electron chi connectivity index (χ2n) is 4.81. The van der Waals surface area contributed by atoms with Gasteiger partial charge in [-0.1, -0.05) is 47.8 Å². The number of halogens is 10. The Morgan fingerprint density at radius 1 is 0.731 bits per heavy atom. The lowest BCUT2D eigenvalue weighted by Crippen LogP contribution is -2.47. The van der Waals surface area contributed by atoms with Gasteiger partial charge in [0.15, 0.2) is 4.75 Å². The molecule has 2 unspecified atom stereocenters. The summed E-state index contributed by atoms with van der Waals surface area (Å²) in [6, 6.07) is 0. The molecule has 1 N–H and O–H groups in total. The summed E-state index contributed by atoms with van der Waals surface area (Å²) in [6.45, 7) is 0. The van der Waals surface area contributed by atoms with E-state index >= 15 is 0 Å². The number of alkyl halides is 1. The van der Waals surface area contributed by atoms with Gasteiger partial charge in [-0.2, -0.15) is 8.42 Å². The summed E-state index contributed by atoms with van der Waals surface area (Å²) in [5, 5.41) is 0. The van der Waals surface area contributed by atoms with Gasteiger partial charge in [0, 0.05) is 45.9 Å². The molecule has 1 aromatic carbocycles. The first kappa shape index (κ1) is 25.7. The Morgan fingerprint density at radius 3 is 1.50 bits per heavy atom. The Kier molecular flexibility index (Phi) is 8.99. The third-order valence-corrected chi connectivity index (χ3v) is 18.5. The van der Waals surface area contributed by atoms with Crippen molar-refractivity contribution in [2.24, 2.45) is 0 Å². The van der Waals surface area contributed by atoms with E-state index in [1.807, 2.05) is 0 Å². The lowest BCUT2D eigenvalue weighted by atomic mass is 9.91. The Balaban J connectivity index is 3.19. The molecule has 26 heavy (non-hydrogen) atoms. The van der Waals surface area contributed by atoms with Gasteiger partial charge in [0.1, 0.15) is 0 Å². The number of rotatable bonds is 2. The zero-order valence-electron chi connectivity index (χ0n) is 11.5. The van der Waals surface area contributed by atoms with Crippen molar-refractivity contribution in [3.8, 4) is 0 Å². The van der Waals surface area contributed by atoms with Gasteiger partial charge in [-0.05, 0) is 112 Å². The molecular weight excluding hydrogens is 1020 g/mol. The Hall–Kier alpha value is 3.41. The van der Waals surface area contributed by atoms with Crippen molar-refractivity contribution in [1.82, 2.24) is 0 Å². The average Bonchev–Trinajstić information content (AvgIpc) is 2.56. The van der Waals surface area contributed by atoms with Crippen LogP contribution >= 0.6 is 159 Å².